The first-order valence-electron chi connectivity index (χ1n) is 11.1. The summed E-state index contributed by atoms with van der Waals surface area (Å²) in [6.45, 7) is 2.20. The van der Waals surface area contributed by atoms with Gasteiger partial charge in [-0.05, 0) is 69.0 Å². The van der Waals surface area contributed by atoms with Crippen molar-refractivity contribution in [1.82, 2.24) is 4.90 Å². The van der Waals surface area contributed by atoms with Crippen LogP contribution in [0.25, 0.3) is 0 Å². The van der Waals surface area contributed by atoms with E-state index in [1.807, 2.05) is 0 Å². The van der Waals surface area contributed by atoms with Gasteiger partial charge in [-0.1, -0.05) is 25.3 Å². The van der Waals surface area contributed by atoms with Gasteiger partial charge in [0.05, 0.1) is 11.0 Å². The number of piperidine rings is 1. The van der Waals surface area contributed by atoms with Crippen LogP contribution in [0.3, 0.4) is 0 Å². The highest BCUT2D eigenvalue weighted by molar-refractivity contribution is 5.62. The van der Waals surface area contributed by atoms with Crippen molar-refractivity contribution in [2.24, 2.45) is 5.92 Å². The molecule has 1 aromatic carbocycles. The first-order valence-corrected chi connectivity index (χ1v) is 11.1. The van der Waals surface area contributed by atoms with Crippen LogP contribution < -0.4 is 4.74 Å². The Morgan fingerprint density at radius 1 is 1.07 bits per heavy atom. The lowest BCUT2D eigenvalue weighted by molar-refractivity contribution is -0.187. The summed E-state index contributed by atoms with van der Waals surface area (Å²) in [5.41, 5.74) is 1.44. The third kappa shape index (κ3) is 2.01. The molecule has 27 heavy (non-hydrogen) atoms. The molecule has 4 heteroatoms. The van der Waals surface area contributed by atoms with Gasteiger partial charge in [0, 0.05) is 18.2 Å². The molecule has 2 N–H and O–H groups in total. The van der Waals surface area contributed by atoms with Crippen LogP contribution in [-0.4, -0.2) is 45.9 Å². The molecule has 3 fully saturated rings. The van der Waals surface area contributed by atoms with Crippen LogP contribution in [0.1, 0.15) is 68.9 Å². The second-order valence-electron chi connectivity index (χ2n) is 9.81. The fraction of sp³-hybridized carbons (Fsp3) is 0.739. The minimum absolute atomic E-state index is 0.0259. The summed E-state index contributed by atoms with van der Waals surface area (Å²) in [5, 5.41) is 22.6. The van der Waals surface area contributed by atoms with E-state index in [-0.39, 0.29) is 23.3 Å². The summed E-state index contributed by atoms with van der Waals surface area (Å²) in [5.74, 6) is 1.73. The van der Waals surface area contributed by atoms with Gasteiger partial charge in [-0.25, -0.2) is 0 Å². The number of ether oxygens (including phenoxy) is 1. The maximum Gasteiger partial charge on any atom is 0.165 e. The molecule has 4 atom stereocenters. The van der Waals surface area contributed by atoms with E-state index in [4.69, 9.17) is 4.74 Å². The zero-order valence-electron chi connectivity index (χ0n) is 16.1. The van der Waals surface area contributed by atoms with Crippen molar-refractivity contribution in [2.75, 3.05) is 13.1 Å². The van der Waals surface area contributed by atoms with Crippen molar-refractivity contribution in [2.45, 2.75) is 87.4 Å². The maximum atomic E-state index is 12.2. The second kappa shape index (κ2) is 5.64. The Kier molecular flexibility index (Phi) is 3.48. The Bertz CT molecular complexity index is 773. The number of rotatable bonds is 2. The minimum atomic E-state index is -0.713. The van der Waals surface area contributed by atoms with Gasteiger partial charge >= 0.3 is 0 Å². The lowest BCUT2D eigenvalue weighted by Gasteiger charge is -2.63. The fourth-order valence-corrected chi connectivity index (χ4v) is 7.55. The normalized spacial score (nSPS) is 40.5. The van der Waals surface area contributed by atoms with Crippen LogP contribution in [0.15, 0.2) is 12.1 Å². The Morgan fingerprint density at radius 3 is 2.78 bits per heavy atom. The number of aromatic hydroxyl groups is 1. The summed E-state index contributed by atoms with van der Waals surface area (Å²) in [4.78, 5) is 2.64. The fourth-order valence-electron chi connectivity index (χ4n) is 7.55. The van der Waals surface area contributed by atoms with E-state index in [1.54, 1.807) is 6.07 Å². The Hall–Kier alpha value is -1.26. The summed E-state index contributed by atoms with van der Waals surface area (Å²) in [6.07, 6.45) is 11.6. The van der Waals surface area contributed by atoms with Gasteiger partial charge in [-0.2, -0.15) is 0 Å². The van der Waals surface area contributed by atoms with Crippen molar-refractivity contribution >= 4 is 0 Å². The van der Waals surface area contributed by atoms with E-state index in [2.05, 4.69) is 11.0 Å². The monoisotopic (exact) mass is 369 g/mol. The second-order valence-corrected chi connectivity index (χ2v) is 9.81. The average molecular weight is 370 g/mol. The van der Waals surface area contributed by atoms with Crippen LogP contribution in [-0.2, 0) is 11.8 Å². The number of hydrogen-bond acceptors (Lipinski definition) is 4. The van der Waals surface area contributed by atoms with Gasteiger partial charge in [0.25, 0.3) is 0 Å². The van der Waals surface area contributed by atoms with Crippen LogP contribution in [0.4, 0.5) is 0 Å². The minimum Gasteiger partial charge on any atom is -0.504 e. The SMILES string of the molecule is Oc1ccc2c3c1O[C@H]1CCC[C@@]4(O)[C@@H](C2)N(CC2CCCCC2)CC[C@]314. The molecular formula is C23H31NO3. The molecular weight excluding hydrogens is 338 g/mol. The van der Waals surface area contributed by atoms with E-state index in [1.165, 1.54) is 37.7 Å². The number of nitrogens with zero attached hydrogens (tertiary/aromatic N) is 1. The molecule has 2 aliphatic heterocycles. The Balaban J connectivity index is 1.44. The quantitative estimate of drug-likeness (QED) is 0.838. The molecule has 1 aromatic rings. The van der Waals surface area contributed by atoms with Crippen LogP contribution in [0, 0.1) is 5.92 Å². The summed E-state index contributed by atoms with van der Waals surface area (Å²) >= 11 is 0. The zero-order chi connectivity index (χ0) is 18.2. The van der Waals surface area contributed by atoms with Crippen molar-refractivity contribution in [3.63, 3.8) is 0 Å². The molecule has 4 nitrogen and oxygen atoms in total. The summed E-state index contributed by atoms with van der Waals surface area (Å²) in [7, 11) is 0. The summed E-state index contributed by atoms with van der Waals surface area (Å²) in [6, 6.07) is 4.09. The Labute approximate surface area is 161 Å². The molecule has 2 bridgehead atoms. The lowest BCUT2D eigenvalue weighted by Crippen LogP contribution is -2.75. The predicted molar refractivity (Wildman–Crippen MR) is 103 cm³/mol. The van der Waals surface area contributed by atoms with E-state index < -0.39 is 5.60 Å². The van der Waals surface area contributed by atoms with Crippen molar-refractivity contribution in [1.29, 1.82) is 0 Å². The zero-order valence-corrected chi connectivity index (χ0v) is 16.1. The molecule has 3 aliphatic carbocycles. The number of benzene rings is 1. The molecule has 1 spiro atoms. The van der Waals surface area contributed by atoms with E-state index in [0.717, 1.165) is 56.7 Å². The molecule has 1 saturated heterocycles. The van der Waals surface area contributed by atoms with Gasteiger partial charge < -0.3 is 14.9 Å². The van der Waals surface area contributed by atoms with Gasteiger partial charge in [0.1, 0.15) is 6.10 Å². The highest BCUT2D eigenvalue weighted by Crippen LogP contribution is 2.65. The highest BCUT2D eigenvalue weighted by Gasteiger charge is 2.71. The number of phenolic OH excluding ortho intramolecular Hbond substituents is 1. The van der Waals surface area contributed by atoms with E-state index in [0.29, 0.717) is 5.75 Å². The third-order valence-electron chi connectivity index (χ3n) is 8.69. The van der Waals surface area contributed by atoms with Crippen LogP contribution in [0.5, 0.6) is 11.5 Å². The standard InChI is InChI=1S/C23H31NO3/c25-17-9-8-16-13-18-23(26)10-4-7-19-22(23,20(16)21(17)27-19)11-12-24(18)14-15-5-2-1-3-6-15/h8-9,15,18-19,25-26H,1-7,10-14H2/t18-,19+,22-,23-/m1/s1. The smallest absolute Gasteiger partial charge is 0.165 e. The van der Waals surface area contributed by atoms with Crippen molar-refractivity contribution in [3.05, 3.63) is 23.3 Å². The molecule has 5 aliphatic rings. The molecule has 0 aromatic heterocycles. The van der Waals surface area contributed by atoms with Gasteiger partial charge in [-0.15, -0.1) is 0 Å². The van der Waals surface area contributed by atoms with Crippen LogP contribution in [0.2, 0.25) is 0 Å². The molecule has 0 radical (unpaired) electrons. The first kappa shape index (κ1) is 16.7. The summed E-state index contributed by atoms with van der Waals surface area (Å²) < 4.78 is 6.33. The molecule has 0 unspecified atom stereocenters. The van der Waals surface area contributed by atoms with E-state index in [9.17, 15) is 10.2 Å². The molecule has 2 saturated carbocycles. The molecule has 146 valence electrons. The molecule has 6 rings (SSSR count). The Morgan fingerprint density at radius 2 is 1.93 bits per heavy atom. The number of likely N-dealkylation sites (tertiary alicyclic amines) is 1. The predicted octanol–water partition coefficient (Wildman–Crippen LogP) is 3.52. The van der Waals surface area contributed by atoms with E-state index >= 15 is 0 Å². The first-order chi connectivity index (χ1) is 13.1. The van der Waals surface area contributed by atoms with Crippen molar-refractivity contribution < 1.29 is 14.9 Å². The lowest BCUT2D eigenvalue weighted by atomic mass is 9.49. The van der Waals surface area contributed by atoms with Crippen molar-refractivity contribution in [3.8, 4) is 11.5 Å². The van der Waals surface area contributed by atoms with Gasteiger partial charge in [0.2, 0.25) is 0 Å². The topological polar surface area (TPSA) is 52.9 Å². The van der Waals surface area contributed by atoms with Gasteiger partial charge in [0.15, 0.2) is 11.5 Å². The third-order valence-corrected chi connectivity index (χ3v) is 8.69. The highest BCUT2D eigenvalue weighted by atomic mass is 16.5. The van der Waals surface area contributed by atoms with Crippen LogP contribution >= 0.6 is 0 Å². The molecule has 0 amide bonds. The molecule has 2 heterocycles. The maximum absolute atomic E-state index is 12.2. The largest absolute Gasteiger partial charge is 0.504 e. The van der Waals surface area contributed by atoms with Gasteiger partial charge in [-0.3, -0.25) is 4.90 Å². The number of phenols is 1. The number of hydrogen-bond donors (Lipinski definition) is 2. The average Bonchev–Trinajstić information content (AvgIpc) is 3.01. The number of aliphatic hydroxyl groups is 1.